The summed E-state index contributed by atoms with van der Waals surface area (Å²) in [5.74, 6) is 2.25. The van der Waals surface area contributed by atoms with E-state index >= 15 is 0 Å². The highest BCUT2D eigenvalue weighted by molar-refractivity contribution is 7.26. The minimum Gasteiger partial charge on any atom is -0.378 e. The van der Waals surface area contributed by atoms with E-state index in [-0.39, 0.29) is 0 Å². The maximum Gasteiger partial charge on any atom is 0.150 e. The molecule has 0 N–H and O–H groups in total. The van der Waals surface area contributed by atoms with Gasteiger partial charge in [0.15, 0.2) is 0 Å². The molecule has 3 aliphatic heterocycles. The summed E-state index contributed by atoms with van der Waals surface area (Å²) in [4.78, 5) is 23.5. The van der Waals surface area contributed by atoms with Crippen LogP contribution in [0.3, 0.4) is 0 Å². The molecule has 3 aromatic heterocycles. The molecule has 0 unspecified atom stereocenters. The Labute approximate surface area is 215 Å². The number of pyridine rings is 1. The summed E-state index contributed by atoms with van der Waals surface area (Å²) in [7, 11) is 0. The zero-order valence-corrected chi connectivity index (χ0v) is 21.5. The lowest BCUT2D eigenvalue weighted by Gasteiger charge is -2.35. The van der Waals surface area contributed by atoms with E-state index in [0.717, 1.165) is 87.4 Å². The second-order valence-corrected chi connectivity index (χ2v) is 11.1. The van der Waals surface area contributed by atoms with Crippen LogP contribution in [0.25, 0.3) is 20.4 Å². The van der Waals surface area contributed by atoms with Crippen LogP contribution in [0.4, 0.5) is 11.6 Å². The van der Waals surface area contributed by atoms with Crippen LogP contribution in [0.5, 0.6) is 0 Å². The molecule has 0 saturated carbocycles. The smallest absolute Gasteiger partial charge is 0.150 e. The Bertz CT molecular complexity index is 1380. The molecule has 0 aliphatic carbocycles. The number of piperidine rings is 1. The van der Waals surface area contributed by atoms with Crippen LogP contribution in [0.2, 0.25) is 0 Å². The highest BCUT2D eigenvalue weighted by atomic mass is 32.1. The second kappa shape index (κ2) is 9.57. The van der Waals surface area contributed by atoms with Gasteiger partial charge in [-0.25, -0.2) is 15.0 Å². The number of thiophene rings is 1. The third-order valence-electron chi connectivity index (χ3n) is 7.85. The zero-order chi connectivity index (χ0) is 23.9. The third kappa shape index (κ3) is 4.01. The van der Waals surface area contributed by atoms with Crippen LogP contribution in [0, 0.1) is 0 Å². The Hall–Kier alpha value is -2.81. The van der Waals surface area contributed by atoms with Crippen molar-refractivity contribution in [1.82, 2.24) is 19.9 Å². The molecule has 1 aromatic carbocycles. The number of hydrogen-bond acceptors (Lipinski definition) is 8. The van der Waals surface area contributed by atoms with Crippen molar-refractivity contribution in [2.45, 2.75) is 38.8 Å². The molecule has 36 heavy (non-hydrogen) atoms. The Kier molecular flexibility index (Phi) is 5.96. The normalized spacial score (nSPS) is 19.2. The first-order chi connectivity index (χ1) is 17.8. The van der Waals surface area contributed by atoms with Gasteiger partial charge in [-0.15, -0.1) is 11.3 Å². The summed E-state index contributed by atoms with van der Waals surface area (Å²) in [5.41, 5.74) is 5.28. The lowest BCUT2D eigenvalue weighted by atomic mass is 9.96. The number of ether oxygens (including phenoxy) is 1. The summed E-state index contributed by atoms with van der Waals surface area (Å²) in [6, 6.07) is 10.8. The SMILES string of the molecule is c1ccc(CN2CCc3c(c(N4CCOCC4)nc4sc5c(N6CCCCC6)ncnc5c34)C2)cc1. The molecule has 6 heterocycles. The molecule has 8 heteroatoms. The fourth-order valence-electron chi connectivity index (χ4n) is 6.04. The Morgan fingerprint density at radius 1 is 0.833 bits per heavy atom. The van der Waals surface area contributed by atoms with E-state index in [1.807, 2.05) is 0 Å². The number of morpholine rings is 1. The number of rotatable bonds is 4. The standard InChI is InChI=1S/C28H32N6OS/c1-3-7-20(8-4-1)17-32-12-9-21-22(18-32)26(34-13-15-35-16-14-34)31-28-23(21)24-25(36-28)27(30-19-29-24)33-10-5-2-6-11-33/h1,3-4,7-8,19H,2,5-6,9-18H2. The fraction of sp³-hybridized carbons (Fsp3) is 0.464. The van der Waals surface area contributed by atoms with E-state index in [1.54, 1.807) is 17.7 Å². The molecule has 186 valence electrons. The first kappa shape index (κ1) is 22.4. The van der Waals surface area contributed by atoms with Gasteiger partial charge in [-0.2, -0.15) is 0 Å². The quantitative estimate of drug-likeness (QED) is 0.405. The van der Waals surface area contributed by atoms with Crippen LogP contribution < -0.4 is 9.80 Å². The summed E-state index contributed by atoms with van der Waals surface area (Å²) in [5, 5.41) is 1.27. The molecule has 0 bridgehead atoms. The number of nitrogens with zero attached hydrogens (tertiary/aromatic N) is 6. The Morgan fingerprint density at radius 2 is 1.64 bits per heavy atom. The van der Waals surface area contributed by atoms with Crippen molar-refractivity contribution in [3.63, 3.8) is 0 Å². The van der Waals surface area contributed by atoms with Crippen molar-refractivity contribution in [2.75, 3.05) is 55.7 Å². The summed E-state index contributed by atoms with van der Waals surface area (Å²) in [6.45, 7) is 8.41. The molecule has 7 nitrogen and oxygen atoms in total. The van der Waals surface area contributed by atoms with E-state index in [1.165, 1.54) is 46.0 Å². The first-order valence-electron chi connectivity index (χ1n) is 13.3. The summed E-state index contributed by atoms with van der Waals surface area (Å²) in [6.07, 6.45) is 6.58. The van der Waals surface area contributed by atoms with Crippen LogP contribution in [-0.4, -0.2) is 65.8 Å². The second-order valence-electron chi connectivity index (χ2n) is 10.1. The number of anilines is 2. The van der Waals surface area contributed by atoms with E-state index in [9.17, 15) is 0 Å². The minimum atomic E-state index is 0.763. The molecule has 3 aliphatic rings. The predicted molar refractivity (Wildman–Crippen MR) is 146 cm³/mol. The lowest BCUT2D eigenvalue weighted by molar-refractivity contribution is 0.122. The molecular formula is C28H32N6OS. The van der Waals surface area contributed by atoms with Gasteiger partial charge in [0.25, 0.3) is 0 Å². The highest BCUT2D eigenvalue weighted by Gasteiger charge is 2.29. The fourth-order valence-corrected chi connectivity index (χ4v) is 7.22. The first-order valence-corrected chi connectivity index (χ1v) is 14.1. The Balaban J connectivity index is 1.35. The molecule has 7 rings (SSSR count). The van der Waals surface area contributed by atoms with Crippen molar-refractivity contribution in [3.05, 3.63) is 53.3 Å². The van der Waals surface area contributed by atoms with Gasteiger partial charge >= 0.3 is 0 Å². The largest absolute Gasteiger partial charge is 0.378 e. The Morgan fingerprint density at radius 3 is 2.47 bits per heavy atom. The van der Waals surface area contributed by atoms with E-state index in [0.29, 0.717) is 0 Å². The van der Waals surface area contributed by atoms with Crippen LogP contribution in [0.15, 0.2) is 36.7 Å². The maximum atomic E-state index is 5.68. The van der Waals surface area contributed by atoms with Crippen LogP contribution in [0.1, 0.15) is 36.0 Å². The van der Waals surface area contributed by atoms with Crippen molar-refractivity contribution in [2.24, 2.45) is 0 Å². The maximum absolute atomic E-state index is 5.68. The van der Waals surface area contributed by atoms with Crippen LogP contribution >= 0.6 is 11.3 Å². The molecule has 0 atom stereocenters. The topological polar surface area (TPSA) is 57.6 Å². The molecule has 2 saturated heterocycles. The average Bonchev–Trinajstić information content (AvgIpc) is 3.33. The minimum absolute atomic E-state index is 0.763. The van der Waals surface area contributed by atoms with Crippen molar-refractivity contribution in [3.8, 4) is 0 Å². The van der Waals surface area contributed by atoms with Gasteiger partial charge in [0, 0.05) is 56.8 Å². The van der Waals surface area contributed by atoms with E-state index < -0.39 is 0 Å². The molecule has 2 fully saturated rings. The number of aromatic nitrogens is 3. The van der Waals surface area contributed by atoms with Gasteiger partial charge in [0.2, 0.25) is 0 Å². The third-order valence-corrected chi connectivity index (χ3v) is 8.92. The molecule has 0 radical (unpaired) electrons. The van der Waals surface area contributed by atoms with Gasteiger partial charge < -0.3 is 14.5 Å². The van der Waals surface area contributed by atoms with Crippen molar-refractivity contribution < 1.29 is 4.74 Å². The monoisotopic (exact) mass is 500 g/mol. The van der Waals surface area contributed by atoms with Gasteiger partial charge in [0.1, 0.15) is 22.8 Å². The lowest BCUT2D eigenvalue weighted by Crippen LogP contribution is -2.39. The summed E-state index contributed by atoms with van der Waals surface area (Å²) < 4.78 is 6.89. The highest BCUT2D eigenvalue weighted by Crippen LogP contribution is 2.43. The predicted octanol–water partition coefficient (Wildman–Crippen LogP) is 4.62. The number of hydrogen-bond donors (Lipinski definition) is 0. The number of benzene rings is 1. The summed E-state index contributed by atoms with van der Waals surface area (Å²) >= 11 is 1.79. The van der Waals surface area contributed by atoms with E-state index in [4.69, 9.17) is 19.7 Å². The number of fused-ring (bicyclic) bond motifs is 5. The molecule has 0 spiro atoms. The van der Waals surface area contributed by atoms with Crippen LogP contribution in [-0.2, 0) is 24.2 Å². The molecular weight excluding hydrogens is 468 g/mol. The molecule has 0 amide bonds. The zero-order valence-electron chi connectivity index (χ0n) is 20.7. The van der Waals surface area contributed by atoms with Gasteiger partial charge in [0.05, 0.1) is 23.4 Å². The average molecular weight is 501 g/mol. The van der Waals surface area contributed by atoms with Crippen molar-refractivity contribution >= 4 is 43.4 Å². The van der Waals surface area contributed by atoms with Gasteiger partial charge in [-0.1, -0.05) is 30.3 Å². The molecule has 4 aromatic rings. The van der Waals surface area contributed by atoms with Gasteiger partial charge in [-0.3, -0.25) is 4.90 Å². The van der Waals surface area contributed by atoms with E-state index in [2.05, 4.69) is 45.0 Å². The van der Waals surface area contributed by atoms with Gasteiger partial charge in [-0.05, 0) is 36.8 Å². The van der Waals surface area contributed by atoms with Crippen molar-refractivity contribution in [1.29, 1.82) is 0 Å².